The molecule has 118 valence electrons. The molecule has 0 aromatic rings. The first-order valence-corrected chi connectivity index (χ1v) is 9.02. The standard InChI is InChI=1S/C18H34O2/c1-2-3-4-5-6-7-8-11-14-17-15-12-9-10-13-16-18(19)20-17/h17H,2-16H2,1H3. The van der Waals surface area contributed by atoms with Gasteiger partial charge in [0.1, 0.15) is 6.10 Å². The van der Waals surface area contributed by atoms with Crippen LogP contribution in [0.15, 0.2) is 0 Å². The fraction of sp³-hybridized carbons (Fsp3) is 0.944. The topological polar surface area (TPSA) is 26.3 Å². The van der Waals surface area contributed by atoms with Gasteiger partial charge in [0.25, 0.3) is 0 Å². The van der Waals surface area contributed by atoms with Crippen molar-refractivity contribution in [2.24, 2.45) is 0 Å². The van der Waals surface area contributed by atoms with Crippen molar-refractivity contribution in [1.29, 1.82) is 0 Å². The van der Waals surface area contributed by atoms with E-state index in [-0.39, 0.29) is 12.1 Å². The quantitative estimate of drug-likeness (QED) is 0.395. The smallest absolute Gasteiger partial charge is 0.306 e. The number of hydrogen-bond donors (Lipinski definition) is 0. The lowest BCUT2D eigenvalue weighted by Crippen LogP contribution is -2.17. The van der Waals surface area contributed by atoms with Crippen LogP contribution in [0.3, 0.4) is 0 Å². The van der Waals surface area contributed by atoms with Crippen LogP contribution in [0.5, 0.6) is 0 Å². The Balaban J connectivity index is 2.02. The first-order valence-electron chi connectivity index (χ1n) is 9.02. The number of carbonyl (C=O) groups is 1. The van der Waals surface area contributed by atoms with Crippen molar-refractivity contribution in [3.8, 4) is 0 Å². The van der Waals surface area contributed by atoms with Crippen molar-refractivity contribution in [3.63, 3.8) is 0 Å². The van der Waals surface area contributed by atoms with Crippen LogP contribution in [0.25, 0.3) is 0 Å². The molecule has 0 saturated carbocycles. The van der Waals surface area contributed by atoms with Gasteiger partial charge in [-0.1, -0.05) is 64.7 Å². The Kier molecular flexibility index (Phi) is 10.7. The summed E-state index contributed by atoms with van der Waals surface area (Å²) in [7, 11) is 0. The predicted molar refractivity (Wildman–Crippen MR) is 84.8 cm³/mol. The Labute approximate surface area is 125 Å². The minimum Gasteiger partial charge on any atom is -0.462 e. The van der Waals surface area contributed by atoms with Gasteiger partial charge in [-0.15, -0.1) is 0 Å². The van der Waals surface area contributed by atoms with Crippen molar-refractivity contribution in [2.75, 3.05) is 0 Å². The van der Waals surface area contributed by atoms with Crippen molar-refractivity contribution in [3.05, 3.63) is 0 Å². The molecule has 0 radical (unpaired) electrons. The number of hydrogen-bond acceptors (Lipinski definition) is 2. The van der Waals surface area contributed by atoms with Crippen LogP contribution in [0.4, 0.5) is 0 Å². The van der Waals surface area contributed by atoms with E-state index < -0.39 is 0 Å². The highest BCUT2D eigenvalue weighted by Gasteiger charge is 2.15. The number of unbranched alkanes of at least 4 members (excludes halogenated alkanes) is 7. The van der Waals surface area contributed by atoms with Gasteiger partial charge in [0, 0.05) is 6.42 Å². The molecule has 0 spiro atoms. The largest absolute Gasteiger partial charge is 0.462 e. The summed E-state index contributed by atoms with van der Waals surface area (Å²) in [6, 6.07) is 0. The molecule has 1 aliphatic rings. The lowest BCUT2D eigenvalue weighted by molar-refractivity contribution is -0.149. The maximum Gasteiger partial charge on any atom is 0.306 e. The van der Waals surface area contributed by atoms with Gasteiger partial charge >= 0.3 is 5.97 Å². The zero-order valence-electron chi connectivity index (χ0n) is 13.5. The number of carbonyl (C=O) groups excluding carboxylic acids is 1. The van der Waals surface area contributed by atoms with Gasteiger partial charge in [0.15, 0.2) is 0 Å². The number of rotatable bonds is 9. The minimum absolute atomic E-state index is 0.0384. The molecular formula is C18H34O2. The Morgan fingerprint density at radius 3 is 2.30 bits per heavy atom. The molecule has 1 rings (SSSR count). The van der Waals surface area contributed by atoms with E-state index in [4.69, 9.17) is 4.74 Å². The van der Waals surface area contributed by atoms with Crippen LogP contribution < -0.4 is 0 Å². The Bertz CT molecular complexity index is 238. The Morgan fingerprint density at radius 1 is 0.900 bits per heavy atom. The second kappa shape index (κ2) is 12.2. The molecule has 0 N–H and O–H groups in total. The molecule has 0 bridgehead atoms. The lowest BCUT2D eigenvalue weighted by Gasteiger charge is -2.16. The zero-order chi connectivity index (χ0) is 14.5. The Morgan fingerprint density at radius 2 is 1.55 bits per heavy atom. The third kappa shape index (κ3) is 9.39. The molecule has 1 unspecified atom stereocenters. The van der Waals surface area contributed by atoms with Crippen LogP contribution in [0.1, 0.15) is 103 Å². The van der Waals surface area contributed by atoms with Gasteiger partial charge in [0.2, 0.25) is 0 Å². The van der Waals surface area contributed by atoms with Crippen molar-refractivity contribution < 1.29 is 9.53 Å². The fourth-order valence-electron chi connectivity index (χ4n) is 3.01. The molecule has 1 atom stereocenters. The normalized spacial score (nSPS) is 20.9. The molecule has 2 nitrogen and oxygen atoms in total. The molecule has 20 heavy (non-hydrogen) atoms. The summed E-state index contributed by atoms with van der Waals surface area (Å²) in [6.45, 7) is 2.26. The van der Waals surface area contributed by atoms with Crippen LogP contribution in [-0.4, -0.2) is 12.1 Å². The number of esters is 1. The van der Waals surface area contributed by atoms with Gasteiger partial charge in [-0.05, 0) is 32.1 Å². The zero-order valence-corrected chi connectivity index (χ0v) is 13.5. The minimum atomic E-state index is 0.0384. The van der Waals surface area contributed by atoms with E-state index in [1.807, 2.05) is 0 Å². The highest BCUT2D eigenvalue weighted by Crippen LogP contribution is 2.19. The summed E-state index contributed by atoms with van der Waals surface area (Å²) in [5.74, 6) is 0.0384. The van der Waals surface area contributed by atoms with Gasteiger partial charge in [-0.3, -0.25) is 4.79 Å². The van der Waals surface area contributed by atoms with E-state index in [9.17, 15) is 4.79 Å². The van der Waals surface area contributed by atoms with E-state index in [2.05, 4.69) is 6.92 Å². The van der Waals surface area contributed by atoms with Crippen LogP contribution in [0.2, 0.25) is 0 Å². The first-order chi connectivity index (χ1) is 9.83. The average Bonchev–Trinajstić information content (AvgIpc) is 2.54. The van der Waals surface area contributed by atoms with Crippen LogP contribution >= 0.6 is 0 Å². The number of cyclic esters (lactones) is 1. The summed E-state index contributed by atoms with van der Waals surface area (Å²) in [4.78, 5) is 11.6. The Hall–Kier alpha value is -0.530. The lowest BCUT2D eigenvalue weighted by atomic mass is 10.0. The molecule has 0 aromatic heterocycles. The van der Waals surface area contributed by atoms with Crippen molar-refractivity contribution in [2.45, 2.75) is 109 Å². The highest BCUT2D eigenvalue weighted by molar-refractivity contribution is 5.69. The van der Waals surface area contributed by atoms with Gasteiger partial charge < -0.3 is 4.74 Å². The maximum absolute atomic E-state index is 11.6. The molecule has 2 heteroatoms. The molecule has 1 saturated heterocycles. The molecule has 0 aliphatic carbocycles. The summed E-state index contributed by atoms with van der Waals surface area (Å²) in [5, 5.41) is 0. The molecule has 1 fully saturated rings. The fourth-order valence-corrected chi connectivity index (χ4v) is 3.01. The molecule has 1 aliphatic heterocycles. The second-order valence-electron chi connectivity index (χ2n) is 6.33. The van der Waals surface area contributed by atoms with Crippen LogP contribution in [0, 0.1) is 0 Å². The van der Waals surface area contributed by atoms with E-state index in [1.54, 1.807) is 0 Å². The second-order valence-corrected chi connectivity index (χ2v) is 6.33. The predicted octanol–water partition coefficient (Wildman–Crippen LogP) is 5.78. The first kappa shape index (κ1) is 17.5. The maximum atomic E-state index is 11.6. The molecule has 0 aromatic carbocycles. The van der Waals surface area contributed by atoms with E-state index >= 15 is 0 Å². The SMILES string of the molecule is CCCCCCCCCCC1CCCCCCC(=O)O1. The summed E-state index contributed by atoms with van der Waals surface area (Å²) in [5.41, 5.74) is 0. The summed E-state index contributed by atoms with van der Waals surface area (Å²) >= 11 is 0. The molecule has 1 heterocycles. The highest BCUT2D eigenvalue weighted by atomic mass is 16.5. The van der Waals surface area contributed by atoms with Crippen LogP contribution in [-0.2, 0) is 9.53 Å². The molecular weight excluding hydrogens is 248 g/mol. The third-order valence-electron chi connectivity index (χ3n) is 4.33. The monoisotopic (exact) mass is 282 g/mol. The number of ether oxygens (including phenoxy) is 1. The van der Waals surface area contributed by atoms with E-state index in [1.165, 1.54) is 70.6 Å². The summed E-state index contributed by atoms with van der Waals surface area (Å²) < 4.78 is 5.59. The van der Waals surface area contributed by atoms with Gasteiger partial charge in [-0.2, -0.15) is 0 Å². The van der Waals surface area contributed by atoms with Crippen molar-refractivity contribution >= 4 is 5.97 Å². The van der Waals surface area contributed by atoms with Gasteiger partial charge in [-0.25, -0.2) is 0 Å². The van der Waals surface area contributed by atoms with Crippen molar-refractivity contribution in [1.82, 2.24) is 0 Å². The van der Waals surface area contributed by atoms with E-state index in [0.717, 1.165) is 19.3 Å². The van der Waals surface area contributed by atoms with Gasteiger partial charge in [0.05, 0.1) is 0 Å². The molecule has 0 amide bonds. The average molecular weight is 282 g/mol. The van der Waals surface area contributed by atoms with E-state index in [0.29, 0.717) is 6.42 Å². The third-order valence-corrected chi connectivity index (χ3v) is 4.33. The summed E-state index contributed by atoms with van der Waals surface area (Å²) in [6.07, 6.45) is 18.5.